The molecule has 1 saturated heterocycles. The minimum atomic E-state index is -0.452. The molecule has 3 rings (SSSR count). The van der Waals surface area contributed by atoms with Crippen molar-refractivity contribution in [1.29, 1.82) is 0 Å². The lowest BCUT2D eigenvalue weighted by atomic mass is 10.2. The second-order valence-corrected chi connectivity index (χ2v) is 7.97. The number of para-hydroxylation sites is 2. The molecule has 5 nitrogen and oxygen atoms in total. The van der Waals surface area contributed by atoms with E-state index < -0.39 is 5.60 Å². The van der Waals surface area contributed by atoms with Crippen molar-refractivity contribution in [1.82, 2.24) is 14.9 Å². The topological polar surface area (TPSA) is 55.3 Å². The molecule has 1 aliphatic heterocycles. The van der Waals surface area contributed by atoms with Crippen LogP contribution in [0.25, 0.3) is 11.0 Å². The Kier molecular flexibility index (Phi) is 4.43. The Hall–Kier alpha value is -1.82. The number of ether oxygens (including phenoxy) is 1. The van der Waals surface area contributed by atoms with E-state index in [9.17, 15) is 4.79 Å². The van der Waals surface area contributed by atoms with Crippen molar-refractivity contribution in [2.75, 3.05) is 13.1 Å². The van der Waals surface area contributed by atoms with Crippen molar-refractivity contribution in [3.63, 3.8) is 0 Å². The van der Waals surface area contributed by atoms with Crippen LogP contribution < -0.4 is 0 Å². The Morgan fingerprint density at radius 1 is 1.30 bits per heavy atom. The van der Waals surface area contributed by atoms with Crippen LogP contribution in [0.2, 0.25) is 0 Å². The highest BCUT2D eigenvalue weighted by molar-refractivity contribution is 7.99. The van der Waals surface area contributed by atoms with Crippen LogP contribution >= 0.6 is 11.8 Å². The summed E-state index contributed by atoms with van der Waals surface area (Å²) in [5.41, 5.74) is 1.35. The number of thioether (sulfide) groups is 1. The van der Waals surface area contributed by atoms with Gasteiger partial charge in [-0.25, -0.2) is 9.78 Å². The molecule has 1 aromatic carbocycles. The fourth-order valence-corrected chi connectivity index (χ4v) is 3.57. The van der Waals surface area contributed by atoms with Crippen molar-refractivity contribution >= 4 is 28.9 Å². The molecule has 0 radical (unpaired) electrons. The lowest BCUT2D eigenvalue weighted by molar-refractivity contribution is 0.0295. The molecule has 0 unspecified atom stereocenters. The summed E-state index contributed by atoms with van der Waals surface area (Å²) in [6.45, 7) is 7.08. The van der Waals surface area contributed by atoms with Gasteiger partial charge in [0.1, 0.15) is 10.6 Å². The predicted molar refractivity (Wildman–Crippen MR) is 91.6 cm³/mol. The molecule has 0 saturated carbocycles. The second-order valence-electron chi connectivity index (χ2n) is 6.65. The molecule has 0 N–H and O–H groups in total. The Morgan fingerprint density at radius 3 is 2.78 bits per heavy atom. The first-order chi connectivity index (χ1) is 10.9. The van der Waals surface area contributed by atoms with Crippen molar-refractivity contribution in [3.8, 4) is 0 Å². The van der Waals surface area contributed by atoms with E-state index in [1.54, 1.807) is 16.7 Å². The summed E-state index contributed by atoms with van der Waals surface area (Å²) in [6, 6.07) is 7.84. The third kappa shape index (κ3) is 4.13. The Bertz CT molecular complexity index is 714. The number of fused-ring (bicyclic) bond motifs is 1. The molecule has 2 aromatic rings. The monoisotopic (exact) mass is 331 g/mol. The number of benzene rings is 1. The van der Waals surface area contributed by atoms with Crippen LogP contribution in [-0.2, 0) is 4.74 Å². The minimum absolute atomic E-state index is 0.231. The van der Waals surface area contributed by atoms with Gasteiger partial charge in [0.25, 0.3) is 0 Å². The average Bonchev–Trinajstić information content (AvgIpc) is 2.94. The Balaban J connectivity index is 1.61. The van der Waals surface area contributed by atoms with Gasteiger partial charge in [0.2, 0.25) is 0 Å². The zero-order valence-electron chi connectivity index (χ0n) is 13.7. The predicted octanol–water partition coefficient (Wildman–Crippen LogP) is 3.73. The van der Waals surface area contributed by atoms with E-state index in [1.165, 1.54) is 0 Å². The van der Waals surface area contributed by atoms with E-state index in [1.807, 2.05) is 51.2 Å². The normalized spacial score (nSPS) is 18.4. The second kappa shape index (κ2) is 6.35. The maximum absolute atomic E-state index is 12.1. The minimum Gasteiger partial charge on any atom is -0.444 e. The van der Waals surface area contributed by atoms with Gasteiger partial charge in [0, 0.05) is 18.3 Å². The largest absolute Gasteiger partial charge is 0.444 e. The third-order valence-corrected chi connectivity index (χ3v) is 4.67. The summed E-state index contributed by atoms with van der Waals surface area (Å²) in [6.07, 6.45) is 2.52. The van der Waals surface area contributed by atoms with Gasteiger partial charge in [-0.15, -0.1) is 0 Å². The zero-order valence-corrected chi connectivity index (χ0v) is 14.5. The first-order valence-electron chi connectivity index (χ1n) is 7.77. The summed E-state index contributed by atoms with van der Waals surface area (Å²) >= 11 is 1.68. The average molecular weight is 331 g/mol. The molecular formula is C17H21N3O2S. The van der Waals surface area contributed by atoms with E-state index in [4.69, 9.17) is 4.74 Å². The Labute approximate surface area is 140 Å². The number of hydrogen-bond acceptors (Lipinski definition) is 5. The molecule has 0 bridgehead atoms. The number of aromatic nitrogens is 2. The van der Waals surface area contributed by atoms with Crippen LogP contribution in [0.3, 0.4) is 0 Å². The van der Waals surface area contributed by atoms with Crippen molar-refractivity contribution in [2.45, 2.75) is 43.1 Å². The number of carbonyl (C=O) groups is 1. The maximum atomic E-state index is 12.1. The summed E-state index contributed by atoms with van der Waals surface area (Å²) in [7, 11) is 0. The van der Waals surface area contributed by atoms with Crippen molar-refractivity contribution < 1.29 is 9.53 Å². The summed E-state index contributed by atoms with van der Waals surface area (Å²) in [4.78, 5) is 22.9. The van der Waals surface area contributed by atoms with Crippen LogP contribution in [-0.4, -0.2) is 44.9 Å². The number of rotatable bonds is 2. The van der Waals surface area contributed by atoms with Gasteiger partial charge < -0.3 is 9.64 Å². The molecular weight excluding hydrogens is 310 g/mol. The smallest absolute Gasteiger partial charge is 0.410 e. The van der Waals surface area contributed by atoms with E-state index in [2.05, 4.69) is 9.97 Å². The SMILES string of the molecule is CC(C)(C)OC(=O)N1CC[C@H](Sc2cnc3ccccc3n2)C1. The van der Waals surface area contributed by atoms with Gasteiger partial charge in [0.15, 0.2) is 0 Å². The molecule has 6 heteroatoms. The third-order valence-electron chi connectivity index (χ3n) is 3.51. The van der Waals surface area contributed by atoms with Gasteiger partial charge in [-0.1, -0.05) is 23.9 Å². The quantitative estimate of drug-likeness (QED) is 0.839. The molecule has 122 valence electrons. The number of hydrogen-bond donors (Lipinski definition) is 0. The van der Waals surface area contributed by atoms with Gasteiger partial charge in [-0.05, 0) is 39.3 Å². The van der Waals surface area contributed by atoms with Crippen LogP contribution in [0.1, 0.15) is 27.2 Å². The highest BCUT2D eigenvalue weighted by atomic mass is 32.2. The van der Waals surface area contributed by atoms with Crippen molar-refractivity contribution in [2.24, 2.45) is 0 Å². The molecule has 1 amide bonds. The summed E-state index contributed by atoms with van der Waals surface area (Å²) in [5.74, 6) is 0. The van der Waals surface area contributed by atoms with Crippen LogP contribution in [0.4, 0.5) is 4.79 Å². The highest BCUT2D eigenvalue weighted by Crippen LogP contribution is 2.29. The van der Waals surface area contributed by atoms with Crippen LogP contribution in [0.5, 0.6) is 0 Å². The van der Waals surface area contributed by atoms with Crippen LogP contribution in [0.15, 0.2) is 35.5 Å². The van der Waals surface area contributed by atoms with Crippen molar-refractivity contribution in [3.05, 3.63) is 30.5 Å². The molecule has 23 heavy (non-hydrogen) atoms. The maximum Gasteiger partial charge on any atom is 0.410 e. The van der Waals surface area contributed by atoms with Gasteiger partial charge in [-0.3, -0.25) is 4.98 Å². The number of nitrogens with zero attached hydrogens (tertiary/aromatic N) is 3. The molecule has 1 aliphatic rings. The molecule has 1 fully saturated rings. The van der Waals surface area contributed by atoms with E-state index in [0.29, 0.717) is 11.8 Å². The van der Waals surface area contributed by atoms with Gasteiger partial charge in [0.05, 0.1) is 17.2 Å². The molecule has 0 aliphatic carbocycles. The fourth-order valence-electron chi connectivity index (χ4n) is 2.48. The van der Waals surface area contributed by atoms with Gasteiger partial charge in [-0.2, -0.15) is 0 Å². The van der Waals surface area contributed by atoms with E-state index in [-0.39, 0.29) is 6.09 Å². The Morgan fingerprint density at radius 2 is 2.04 bits per heavy atom. The lowest BCUT2D eigenvalue weighted by Crippen LogP contribution is -2.35. The first kappa shape index (κ1) is 16.1. The number of amides is 1. The summed E-state index contributed by atoms with van der Waals surface area (Å²) < 4.78 is 5.43. The molecule has 0 spiro atoms. The first-order valence-corrected chi connectivity index (χ1v) is 8.65. The standard InChI is InChI=1S/C17H21N3O2S/c1-17(2,3)22-16(21)20-9-8-12(11-20)23-15-10-18-13-6-4-5-7-14(13)19-15/h4-7,10,12H,8-9,11H2,1-3H3/t12-/m0/s1. The van der Waals surface area contributed by atoms with E-state index in [0.717, 1.165) is 29.0 Å². The highest BCUT2D eigenvalue weighted by Gasteiger charge is 2.30. The number of carbonyl (C=O) groups excluding carboxylic acids is 1. The van der Waals surface area contributed by atoms with Crippen LogP contribution in [0, 0.1) is 0 Å². The molecule has 1 aromatic heterocycles. The zero-order chi connectivity index (χ0) is 16.4. The fraction of sp³-hybridized carbons (Fsp3) is 0.471. The molecule has 1 atom stereocenters. The number of likely N-dealkylation sites (tertiary alicyclic amines) is 1. The molecule has 2 heterocycles. The van der Waals surface area contributed by atoms with E-state index >= 15 is 0 Å². The summed E-state index contributed by atoms with van der Waals surface area (Å²) in [5, 5.41) is 1.23. The van der Waals surface area contributed by atoms with Gasteiger partial charge >= 0.3 is 6.09 Å². The lowest BCUT2D eigenvalue weighted by Gasteiger charge is -2.24.